The van der Waals surface area contributed by atoms with Crippen molar-refractivity contribution in [1.82, 2.24) is 14.8 Å². The zero-order chi connectivity index (χ0) is 27.3. The molecular formula is C30H28ClN3O5. The summed E-state index contributed by atoms with van der Waals surface area (Å²) in [5, 5.41) is 1.60. The number of carbonyl (C=O) groups is 2. The number of ether oxygens (including phenoxy) is 3. The van der Waals surface area contributed by atoms with Crippen LogP contribution >= 0.6 is 11.6 Å². The molecule has 0 radical (unpaired) electrons. The van der Waals surface area contributed by atoms with E-state index >= 15 is 0 Å². The van der Waals surface area contributed by atoms with Gasteiger partial charge in [0.2, 0.25) is 17.6 Å². The van der Waals surface area contributed by atoms with Crippen LogP contribution in [-0.4, -0.2) is 60.5 Å². The van der Waals surface area contributed by atoms with E-state index in [2.05, 4.69) is 4.98 Å². The van der Waals surface area contributed by atoms with Crippen LogP contribution in [0.1, 0.15) is 28.4 Å². The first kappa shape index (κ1) is 25.1. The number of carbonyl (C=O) groups excluding carboxylic acids is 2. The van der Waals surface area contributed by atoms with Gasteiger partial charge in [-0.3, -0.25) is 9.59 Å². The zero-order valence-electron chi connectivity index (χ0n) is 21.9. The molecule has 0 unspecified atom stereocenters. The maximum absolute atomic E-state index is 14.0. The van der Waals surface area contributed by atoms with Crippen molar-refractivity contribution in [1.29, 1.82) is 0 Å². The molecule has 3 aromatic carbocycles. The molecule has 2 aliphatic rings. The summed E-state index contributed by atoms with van der Waals surface area (Å²) in [5.41, 5.74) is 4.41. The molecule has 0 bridgehead atoms. The molecule has 9 heteroatoms. The molecule has 1 N–H and O–H groups in total. The summed E-state index contributed by atoms with van der Waals surface area (Å²) in [6, 6.07) is 17.8. The van der Waals surface area contributed by atoms with Gasteiger partial charge in [-0.1, -0.05) is 48.0 Å². The third-order valence-corrected chi connectivity index (χ3v) is 8.03. The molecule has 1 saturated heterocycles. The zero-order valence-corrected chi connectivity index (χ0v) is 22.6. The highest BCUT2D eigenvalue weighted by Crippen LogP contribution is 2.47. The molecule has 3 heterocycles. The molecule has 0 aliphatic carbocycles. The lowest BCUT2D eigenvalue weighted by atomic mass is 9.86. The van der Waals surface area contributed by atoms with Crippen LogP contribution in [0.2, 0.25) is 5.02 Å². The first-order valence-corrected chi connectivity index (χ1v) is 13.1. The van der Waals surface area contributed by atoms with Crippen LogP contribution in [-0.2, 0) is 22.6 Å². The number of aromatic nitrogens is 1. The van der Waals surface area contributed by atoms with Gasteiger partial charge in [0.15, 0.2) is 11.5 Å². The Hall–Kier alpha value is -4.17. The van der Waals surface area contributed by atoms with E-state index in [0.717, 1.165) is 33.3 Å². The molecule has 6 rings (SSSR count). The quantitative estimate of drug-likeness (QED) is 0.379. The number of nitrogens with one attached hydrogen (secondary N) is 1. The Morgan fingerprint density at radius 1 is 0.949 bits per heavy atom. The Kier molecular flexibility index (Phi) is 6.35. The van der Waals surface area contributed by atoms with Gasteiger partial charge in [0.1, 0.15) is 12.6 Å². The van der Waals surface area contributed by atoms with Crippen LogP contribution < -0.4 is 14.2 Å². The summed E-state index contributed by atoms with van der Waals surface area (Å²) >= 11 is 6.40. The fourth-order valence-electron chi connectivity index (χ4n) is 5.90. The number of amides is 2. The highest BCUT2D eigenvalue weighted by Gasteiger charge is 2.48. The van der Waals surface area contributed by atoms with Gasteiger partial charge < -0.3 is 29.0 Å². The highest BCUT2D eigenvalue weighted by atomic mass is 35.5. The molecule has 1 fully saturated rings. The highest BCUT2D eigenvalue weighted by molar-refractivity contribution is 6.31. The van der Waals surface area contributed by atoms with Gasteiger partial charge in [-0.25, -0.2) is 0 Å². The van der Waals surface area contributed by atoms with Gasteiger partial charge >= 0.3 is 0 Å². The fourth-order valence-corrected chi connectivity index (χ4v) is 6.09. The average molecular weight is 546 g/mol. The molecule has 2 aliphatic heterocycles. The lowest BCUT2D eigenvalue weighted by Crippen LogP contribution is -2.62. The number of benzene rings is 3. The minimum Gasteiger partial charge on any atom is -0.493 e. The van der Waals surface area contributed by atoms with Gasteiger partial charge in [-0.2, -0.15) is 0 Å². The molecule has 39 heavy (non-hydrogen) atoms. The van der Waals surface area contributed by atoms with E-state index in [1.165, 1.54) is 0 Å². The van der Waals surface area contributed by atoms with Crippen molar-refractivity contribution >= 4 is 34.3 Å². The maximum atomic E-state index is 14.0. The molecule has 0 spiro atoms. The van der Waals surface area contributed by atoms with E-state index in [9.17, 15) is 9.59 Å². The number of aromatic amines is 1. The summed E-state index contributed by atoms with van der Waals surface area (Å²) in [7, 11) is 4.66. The first-order chi connectivity index (χ1) is 18.9. The number of piperazine rings is 1. The van der Waals surface area contributed by atoms with Crippen LogP contribution in [0.25, 0.3) is 10.9 Å². The lowest BCUT2D eigenvalue weighted by molar-refractivity contribution is -0.159. The van der Waals surface area contributed by atoms with E-state index in [1.54, 1.807) is 37.2 Å². The summed E-state index contributed by atoms with van der Waals surface area (Å²) in [6.07, 6.45) is 0.407. The van der Waals surface area contributed by atoms with E-state index in [0.29, 0.717) is 28.7 Å². The third-order valence-electron chi connectivity index (χ3n) is 7.66. The monoisotopic (exact) mass is 545 g/mol. The molecule has 0 saturated carbocycles. The third kappa shape index (κ3) is 4.06. The Morgan fingerprint density at radius 2 is 1.64 bits per heavy atom. The lowest BCUT2D eigenvalue weighted by Gasteiger charge is -2.47. The Bertz CT molecular complexity index is 1570. The van der Waals surface area contributed by atoms with Gasteiger partial charge in [0, 0.05) is 34.6 Å². The minimum absolute atomic E-state index is 0.0446. The molecular weight excluding hydrogens is 518 g/mol. The second kappa shape index (κ2) is 9.85. The van der Waals surface area contributed by atoms with Gasteiger partial charge in [-0.15, -0.1) is 0 Å². The number of fused-ring (bicyclic) bond motifs is 4. The molecule has 2 amide bonds. The van der Waals surface area contributed by atoms with Gasteiger partial charge in [0.25, 0.3) is 0 Å². The topological polar surface area (TPSA) is 84.1 Å². The number of methoxy groups -OCH3 is 3. The van der Waals surface area contributed by atoms with Crippen molar-refractivity contribution in [3.63, 3.8) is 0 Å². The maximum Gasteiger partial charge on any atom is 0.246 e. The fraction of sp³-hybridized carbons (Fsp3) is 0.267. The predicted octanol–water partition coefficient (Wildman–Crippen LogP) is 4.73. The summed E-state index contributed by atoms with van der Waals surface area (Å²) in [6.45, 7) is 0.223. The number of nitrogens with zero attached hydrogens (tertiary/aromatic N) is 2. The van der Waals surface area contributed by atoms with Crippen LogP contribution in [0.15, 0.2) is 60.7 Å². The second-order valence-corrected chi connectivity index (χ2v) is 10.1. The largest absolute Gasteiger partial charge is 0.493 e. The number of hydrogen-bond acceptors (Lipinski definition) is 5. The van der Waals surface area contributed by atoms with Gasteiger partial charge in [-0.05, 0) is 41.0 Å². The van der Waals surface area contributed by atoms with E-state index in [-0.39, 0.29) is 24.9 Å². The number of H-pyrrole nitrogens is 1. The number of halogens is 1. The molecule has 4 aromatic rings. The average Bonchev–Trinajstić information content (AvgIpc) is 3.33. The normalized spacial score (nSPS) is 18.7. The predicted molar refractivity (Wildman–Crippen MR) is 147 cm³/mol. The van der Waals surface area contributed by atoms with Crippen LogP contribution in [0, 0.1) is 0 Å². The van der Waals surface area contributed by atoms with Crippen LogP contribution in [0.4, 0.5) is 0 Å². The summed E-state index contributed by atoms with van der Waals surface area (Å²) in [4.78, 5) is 34.8. The van der Waals surface area contributed by atoms with Crippen molar-refractivity contribution in [2.75, 3.05) is 27.9 Å². The smallest absolute Gasteiger partial charge is 0.246 e. The first-order valence-electron chi connectivity index (χ1n) is 12.7. The molecule has 1 aromatic heterocycles. The van der Waals surface area contributed by atoms with Crippen LogP contribution in [0.3, 0.4) is 0 Å². The molecule has 2 atom stereocenters. The van der Waals surface area contributed by atoms with Crippen molar-refractivity contribution in [2.45, 2.75) is 25.0 Å². The van der Waals surface area contributed by atoms with E-state index in [4.69, 9.17) is 25.8 Å². The van der Waals surface area contributed by atoms with E-state index in [1.807, 2.05) is 54.6 Å². The standard InChI is InChI=1S/C30H28ClN3O5/c1-37-24-12-18(13-25(38-2)29(24)39-3)28-27-20(19-9-5-7-11-22(19)32-27)14-23-30(36)33(16-26(35)34(23)28)15-17-8-4-6-10-21(17)31/h4-13,23,28,32H,14-16H2,1-3H3/t23-,28-/m0/s1. The summed E-state index contributed by atoms with van der Waals surface area (Å²) < 4.78 is 16.8. The van der Waals surface area contributed by atoms with Crippen molar-refractivity contribution in [3.05, 3.63) is 88.1 Å². The molecule has 200 valence electrons. The Labute approximate surface area is 231 Å². The number of rotatable bonds is 6. The van der Waals surface area contributed by atoms with Crippen molar-refractivity contribution < 1.29 is 23.8 Å². The Morgan fingerprint density at radius 3 is 2.33 bits per heavy atom. The SMILES string of the molecule is COc1cc([C@H]2c3[nH]c4ccccc4c3C[C@H]3C(=O)N(Cc4ccccc4Cl)CC(=O)N23)cc(OC)c1OC. The van der Waals surface area contributed by atoms with Crippen molar-refractivity contribution in [2.24, 2.45) is 0 Å². The second-order valence-electron chi connectivity index (χ2n) is 9.73. The van der Waals surface area contributed by atoms with Crippen LogP contribution in [0.5, 0.6) is 17.2 Å². The minimum atomic E-state index is -0.676. The number of para-hydroxylation sites is 1. The number of hydrogen-bond donors (Lipinski definition) is 1. The van der Waals surface area contributed by atoms with Crippen molar-refractivity contribution in [3.8, 4) is 17.2 Å². The summed E-state index contributed by atoms with van der Waals surface area (Å²) in [5.74, 6) is 1.16. The molecule has 8 nitrogen and oxygen atoms in total. The van der Waals surface area contributed by atoms with Gasteiger partial charge in [0.05, 0.1) is 27.4 Å². The Balaban J connectivity index is 1.50. The van der Waals surface area contributed by atoms with E-state index < -0.39 is 12.1 Å².